The maximum Gasteiger partial charge on any atom is 0.375 e. The number of halogens is 1. The number of hydrogen-bond acceptors (Lipinski definition) is 2. The van der Waals surface area contributed by atoms with E-state index in [4.69, 9.17) is 0 Å². The van der Waals surface area contributed by atoms with Crippen molar-refractivity contribution in [2.24, 2.45) is 0 Å². The molecular weight excluding hydrogens is 147 g/mol. The van der Waals surface area contributed by atoms with Gasteiger partial charge in [-0.1, -0.05) is 5.73 Å². The second kappa shape index (κ2) is 4.69. The van der Waals surface area contributed by atoms with Gasteiger partial charge in [-0.15, -0.1) is 0 Å². The Kier molecular flexibility index (Phi) is 4.23. The molecule has 0 aliphatic carbocycles. The lowest BCUT2D eigenvalue weighted by atomic mass is 10.3. The van der Waals surface area contributed by atoms with Crippen molar-refractivity contribution in [1.82, 2.24) is 0 Å². The molecule has 0 saturated heterocycles. The number of esters is 1. The minimum absolute atomic E-state index is 0.177. The predicted octanol–water partition coefficient (Wildman–Crippen LogP) is 1.97. The van der Waals surface area contributed by atoms with Crippen LogP contribution in [0.4, 0.5) is 4.39 Å². The van der Waals surface area contributed by atoms with Crippen molar-refractivity contribution in [1.29, 1.82) is 0 Å². The lowest BCUT2D eigenvalue weighted by Gasteiger charge is -1.94. The standard InChI is InChI=1S/C8H11FO2/c1-4-11-8(10)7(9)5-6(2)3/h4H2,1-3H3. The van der Waals surface area contributed by atoms with E-state index >= 15 is 0 Å². The quantitative estimate of drug-likeness (QED) is 0.349. The molecule has 0 radical (unpaired) electrons. The third-order valence-electron chi connectivity index (χ3n) is 0.814. The molecule has 0 fully saturated rings. The van der Waals surface area contributed by atoms with Crippen LogP contribution >= 0.6 is 0 Å². The van der Waals surface area contributed by atoms with Crippen LogP contribution in [-0.2, 0) is 9.53 Å². The average molecular weight is 158 g/mol. The molecular formula is C8H11FO2. The van der Waals surface area contributed by atoms with Crippen LogP contribution in [0.3, 0.4) is 0 Å². The molecule has 0 aromatic heterocycles. The van der Waals surface area contributed by atoms with Crippen molar-refractivity contribution in [2.45, 2.75) is 20.8 Å². The van der Waals surface area contributed by atoms with Crippen LogP contribution in [0, 0.1) is 0 Å². The molecule has 0 rings (SSSR count). The topological polar surface area (TPSA) is 26.3 Å². The van der Waals surface area contributed by atoms with E-state index in [1.54, 1.807) is 20.8 Å². The van der Waals surface area contributed by atoms with Crippen LogP contribution < -0.4 is 0 Å². The minimum atomic E-state index is -0.966. The summed E-state index contributed by atoms with van der Waals surface area (Å²) in [5.41, 5.74) is 2.83. The molecule has 0 atom stereocenters. The fourth-order valence-corrected chi connectivity index (χ4v) is 0.465. The first-order valence-electron chi connectivity index (χ1n) is 3.34. The van der Waals surface area contributed by atoms with E-state index in [-0.39, 0.29) is 6.61 Å². The zero-order chi connectivity index (χ0) is 8.85. The van der Waals surface area contributed by atoms with Gasteiger partial charge in [0.2, 0.25) is 5.83 Å². The van der Waals surface area contributed by atoms with Crippen LogP contribution in [0.2, 0.25) is 0 Å². The van der Waals surface area contributed by atoms with Crippen LogP contribution in [-0.4, -0.2) is 12.6 Å². The number of carbonyl (C=O) groups excluding carboxylic acids is 1. The van der Waals surface area contributed by atoms with Gasteiger partial charge >= 0.3 is 5.97 Å². The summed E-state index contributed by atoms with van der Waals surface area (Å²) in [4.78, 5) is 10.6. The molecule has 0 aliphatic rings. The molecule has 0 saturated carbocycles. The first-order valence-corrected chi connectivity index (χ1v) is 3.34. The number of carbonyl (C=O) groups is 1. The van der Waals surface area contributed by atoms with Gasteiger partial charge in [0.05, 0.1) is 6.61 Å². The average Bonchev–Trinajstić information content (AvgIpc) is 1.86. The van der Waals surface area contributed by atoms with Crippen molar-refractivity contribution in [2.75, 3.05) is 6.61 Å². The molecule has 3 heteroatoms. The van der Waals surface area contributed by atoms with Crippen molar-refractivity contribution in [3.63, 3.8) is 0 Å². The first-order chi connectivity index (χ1) is 5.07. The van der Waals surface area contributed by atoms with Crippen LogP contribution in [0.15, 0.2) is 17.1 Å². The highest BCUT2D eigenvalue weighted by Gasteiger charge is 2.07. The summed E-state index contributed by atoms with van der Waals surface area (Å²) < 4.78 is 16.9. The monoisotopic (exact) mass is 158 g/mol. The first kappa shape index (κ1) is 9.92. The molecule has 0 aromatic carbocycles. The second-order valence-electron chi connectivity index (χ2n) is 2.16. The molecule has 2 nitrogen and oxygen atoms in total. The van der Waals surface area contributed by atoms with E-state index in [1.165, 1.54) is 0 Å². The van der Waals surface area contributed by atoms with E-state index < -0.39 is 11.8 Å². The SMILES string of the molecule is CCOC(=O)C(F)=C=C(C)C. The molecule has 0 heterocycles. The molecule has 0 bridgehead atoms. The molecule has 0 spiro atoms. The third-order valence-corrected chi connectivity index (χ3v) is 0.814. The second-order valence-corrected chi connectivity index (χ2v) is 2.16. The molecule has 0 unspecified atom stereocenters. The maximum atomic E-state index is 12.5. The zero-order valence-corrected chi connectivity index (χ0v) is 6.90. The van der Waals surface area contributed by atoms with Crippen molar-refractivity contribution < 1.29 is 13.9 Å². The Morgan fingerprint density at radius 3 is 2.45 bits per heavy atom. The Labute approximate surface area is 65.4 Å². The maximum absolute atomic E-state index is 12.5. The summed E-state index contributed by atoms with van der Waals surface area (Å²) >= 11 is 0. The van der Waals surface area contributed by atoms with Gasteiger partial charge in [-0.2, -0.15) is 4.39 Å². The molecule has 0 N–H and O–H groups in total. The number of hydrogen-bond donors (Lipinski definition) is 0. The number of rotatable bonds is 2. The van der Waals surface area contributed by atoms with E-state index in [0.29, 0.717) is 5.57 Å². The van der Waals surface area contributed by atoms with Gasteiger partial charge in [0.25, 0.3) is 0 Å². The van der Waals surface area contributed by atoms with Crippen LogP contribution in [0.25, 0.3) is 0 Å². The fraction of sp³-hybridized carbons (Fsp3) is 0.500. The van der Waals surface area contributed by atoms with Crippen molar-refractivity contribution in [3.05, 3.63) is 17.1 Å². The highest BCUT2D eigenvalue weighted by atomic mass is 19.1. The van der Waals surface area contributed by atoms with E-state index in [1.807, 2.05) is 0 Å². The molecule has 62 valence electrons. The van der Waals surface area contributed by atoms with Gasteiger partial charge < -0.3 is 4.74 Å². The highest BCUT2D eigenvalue weighted by Crippen LogP contribution is 1.99. The predicted molar refractivity (Wildman–Crippen MR) is 39.6 cm³/mol. The lowest BCUT2D eigenvalue weighted by Crippen LogP contribution is -2.03. The molecule has 0 aromatic rings. The Bertz CT molecular complexity index is 208. The summed E-state index contributed by atoms with van der Waals surface area (Å²) in [5, 5.41) is 0. The molecule has 0 amide bonds. The van der Waals surface area contributed by atoms with Crippen molar-refractivity contribution >= 4 is 5.97 Å². The van der Waals surface area contributed by atoms with Gasteiger partial charge in [-0.05, 0) is 26.3 Å². The Balaban J connectivity index is 4.37. The van der Waals surface area contributed by atoms with Crippen LogP contribution in [0.1, 0.15) is 20.8 Å². The zero-order valence-electron chi connectivity index (χ0n) is 6.90. The summed E-state index contributed by atoms with van der Waals surface area (Å²) in [7, 11) is 0. The van der Waals surface area contributed by atoms with Gasteiger partial charge in [0.1, 0.15) is 0 Å². The highest BCUT2D eigenvalue weighted by molar-refractivity contribution is 5.85. The van der Waals surface area contributed by atoms with Crippen molar-refractivity contribution in [3.8, 4) is 0 Å². The smallest absolute Gasteiger partial charge is 0.375 e. The largest absolute Gasteiger partial charge is 0.460 e. The fourth-order valence-electron chi connectivity index (χ4n) is 0.465. The van der Waals surface area contributed by atoms with Gasteiger partial charge in [-0.25, -0.2) is 4.79 Å². The Morgan fingerprint density at radius 1 is 1.55 bits per heavy atom. The normalized spacial score (nSPS) is 8.36. The number of ether oxygens (including phenoxy) is 1. The van der Waals surface area contributed by atoms with Gasteiger partial charge in [0.15, 0.2) is 0 Å². The van der Waals surface area contributed by atoms with E-state index in [2.05, 4.69) is 10.5 Å². The summed E-state index contributed by atoms with van der Waals surface area (Å²) in [6.07, 6.45) is 0. The lowest BCUT2D eigenvalue weighted by molar-refractivity contribution is -0.140. The molecule has 0 aliphatic heterocycles. The third kappa shape index (κ3) is 4.34. The summed E-state index contributed by atoms with van der Waals surface area (Å²) in [6, 6.07) is 0. The van der Waals surface area contributed by atoms with Gasteiger partial charge in [0, 0.05) is 0 Å². The van der Waals surface area contributed by atoms with Crippen LogP contribution in [0.5, 0.6) is 0 Å². The molecule has 11 heavy (non-hydrogen) atoms. The summed E-state index contributed by atoms with van der Waals surface area (Å²) in [5.74, 6) is -1.92. The van der Waals surface area contributed by atoms with E-state index in [0.717, 1.165) is 0 Å². The Morgan fingerprint density at radius 2 is 2.09 bits per heavy atom. The summed E-state index contributed by atoms with van der Waals surface area (Å²) in [6.45, 7) is 5.10. The van der Waals surface area contributed by atoms with Gasteiger partial charge in [-0.3, -0.25) is 0 Å². The Hall–Kier alpha value is -1.08. The van der Waals surface area contributed by atoms with E-state index in [9.17, 15) is 9.18 Å². The minimum Gasteiger partial charge on any atom is -0.460 e.